The van der Waals surface area contributed by atoms with Crippen LogP contribution in [0.2, 0.25) is 0 Å². The Labute approximate surface area is 143 Å². The van der Waals surface area contributed by atoms with Crippen LogP contribution in [-0.4, -0.2) is 43.0 Å². The highest BCUT2D eigenvalue weighted by atomic mass is 19.2. The van der Waals surface area contributed by atoms with Crippen molar-refractivity contribution in [1.29, 1.82) is 0 Å². The van der Waals surface area contributed by atoms with Crippen molar-refractivity contribution in [2.75, 3.05) is 37.8 Å². The van der Waals surface area contributed by atoms with E-state index < -0.39 is 28.9 Å². The van der Waals surface area contributed by atoms with Crippen molar-refractivity contribution in [1.82, 2.24) is 9.88 Å². The highest BCUT2D eigenvalue weighted by Gasteiger charge is 2.19. The number of hydrogen-bond acceptors (Lipinski definition) is 4. The molecule has 5 nitrogen and oxygen atoms in total. The molecule has 25 heavy (non-hydrogen) atoms. The van der Waals surface area contributed by atoms with Gasteiger partial charge in [0.1, 0.15) is 5.82 Å². The van der Waals surface area contributed by atoms with Gasteiger partial charge >= 0.3 is 0 Å². The lowest BCUT2D eigenvalue weighted by Gasteiger charge is -2.11. The predicted molar refractivity (Wildman–Crippen MR) is 90.2 cm³/mol. The number of hydrogen-bond donors (Lipinski definition) is 2. The van der Waals surface area contributed by atoms with Crippen molar-refractivity contribution in [3.05, 3.63) is 53.5 Å². The van der Waals surface area contributed by atoms with Gasteiger partial charge in [0.25, 0.3) is 5.91 Å². The molecule has 0 bridgehead atoms. The summed E-state index contributed by atoms with van der Waals surface area (Å²) in [5.41, 5.74) is 0.183. The second-order valence-corrected chi connectivity index (χ2v) is 5.69. The Morgan fingerprint density at radius 2 is 1.88 bits per heavy atom. The van der Waals surface area contributed by atoms with Crippen molar-refractivity contribution >= 4 is 17.4 Å². The van der Waals surface area contributed by atoms with Crippen LogP contribution in [-0.2, 0) is 0 Å². The van der Waals surface area contributed by atoms with Crippen LogP contribution in [0, 0.1) is 17.5 Å². The fourth-order valence-electron chi connectivity index (χ4n) is 2.09. The van der Waals surface area contributed by atoms with Gasteiger partial charge in [0.05, 0.1) is 17.4 Å². The monoisotopic (exact) mass is 352 g/mol. The van der Waals surface area contributed by atoms with Crippen molar-refractivity contribution in [2.45, 2.75) is 6.42 Å². The second-order valence-electron chi connectivity index (χ2n) is 5.69. The van der Waals surface area contributed by atoms with Crippen LogP contribution < -0.4 is 10.6 Å². The molecule has 0 aliphatic carbocycles. The van der Waals surface area contributed by atoms with E-state index in [1.165, 1.54) is 12.3 Å². The maximum absolute atomic E-state index is 13.6. The van der Waals surface area contributed by atoms with Gasteiger partial charge in [-0.25, -0.2) is 18.2 Å². The Morgan fingerprint density at radius 3 is 2.52 bits per heavy atom. The lowest BCUT2D eigenvalue weighted by molar-refractivity contribution is 0.102. The zero-order valence-electron chi connectivity index (χ0n) is 13.9. The van der Waals surface area contributed by atoms with Crippen molar-refractivity contribution in [3.63, 3.8) is 0 Å². The Bertz CT molecular complexity index is 735. The molecule has 0 saturated heterocycles. The SMILES string of the molecule is CN(C)CCCNc1ccc(NC(=O)c2ccc(F)c(F)c2F)nc1. The van der Waals surface area contributed by atoms with E-state index in [9.17, 15) is 18.0 Å². The van der Waals surface area contributed by atoms with Gasteiger partial charge in [-0.3, -0.25) is 4.79 Å². The highest BCUT2D eigenvalue weighted by Crippen LogP contribution is 2.17. The van der Waals surface area contributed by atoms with Crippen LogP contribution in [0.25, 0.3) is 0 Å². The highest BCUT2D eigenvalue weighted by molar-refractivity contribution is 6.04. The molecule has 1 amide bonds. The van der Waals surface area contributed by atoms with Crippen LogP contribution in [0.5, 0.6) is 0 Å². The molecule has 8 heteroatoms. The first kappa shape index (κ1) is 18.7. The van der Waals surface area contributed by atoms with Gasteiger partial charge in [-0.1, -0.05) is 0 Å². The third-order valence-electron chi connectivity index (χ3n) is 3.40. The standard InChI is InChI=1S/C17H19F3N4O/c1-24(2)9-3-8-21-11-4-7-14(22-10-11)23-17(25)12-5-6-13(18)16(20)15(12)19/h4-7,10,21H,3,8-9H2,1-2H3,(H,22,23,25). The largest absolute Gasteiger partial charge is 0.384 e. The molecule has 2 rings (SSSR count). The molecule has 134 valence electrons. The molecular formula is C17H19F3N4O. The van der Waals surface area contributed by atoms with E-state index in [4.69, 9.17) is 0 Å². The molecule has 0 spiro atoms. The molecule has 1 aromatic carbocycles. The third-order valence-corrected chi connectivity index (χ3v) is 3.40. The average Bonchev–Trinajstić information content (AvgIpc) is 2.58. The van der Waals surface area contributed by atoms with Gasteiger partial charge in [0.15, 0.2) is 17.5 Å². The minimum Gasteiger partial charge on any atom is -0.384 e. The van der Waals surface area contributed by atoms with E-state index in [1.54, 1.807) is 6.07 Å². The summed E-state index contributed by atoms with van der Waals surface area (Å²) in [5.74, 6) is -5.30. The lowest BCUT2D eigenvalue weighted by Crippen LogP contribution is -2.17. The van der Waals surface area contributed by atoms with E-state index in [1.807, 2.05) is 14.1 Å². The number of benzene rings is 1. The van der Waals surface area contributed by atoms with Gasteiger partial charge in [-0.05, 0) is 51.3 Å². The molecule has 0 saturated carbocycles. The van der Waals surface area contributed by atoms with Crippen LogP contribution in [0.1, 0.15) is 16.8 Å². The molecule has 0 fully saturated rings. The minimum atomic E-state index is -1.68. The van der Waals surface area contributed by atoms with E-state index in [0.29, 0.717) is 6.07 Å². The third kappa shape index (κ3) is 5.18. The normalized spacial score (nSPS) is 10.8. The molecule has 1 heterocycles. The van der Waals surface area contributed by atoms with Crippen LogP contribution in [0.15, 0.2) is 30.5 Å². The molecule has 0 radical (unpaired) electrons. The summed E-state index contributed by atoms with van der Waals surface area (Å²) in [5, 5.41) is 5.52. The van der Waals surface area contributed by atoms with Crippen molar-refractivity contribution in [2.24, 2.45) is 0 Å². The quantitative estimate of drug-likeness (QED) is 0.594. The first-order valence-corrected chi connectivity index (χ1v) is 7.68. The number of carbonyl (C=O) groups is 1. The number of nitrogens with zero attached hydrogens (tertiary/aromatic N) is 2. The second kappa shape index (κ2) is 8.48. The van der Waals surface area contributed by atoms with E-state index in [2.05, 4.69) is 20.5 Å². The number of nitrogens with one attached hydrogen (secondary N) is 2. The zero-order valence-corrected chi connectivity index (χ0v) is 13.9. The number of halogens is 3. The maximum atomic E-state index is 13.6. The average molecular weight is 352 g/mol. The van der Waals surface area contributed by atoms with E-state index >= 15 is 0 Å². The molecular weight excluding hydrogens is 333 g/mol. The summed E-state index contributed by atoms with van der Waals surface area (Å²) in [6.07, 6.45) is 2.48. The molecule has 0 unspecified atom stereocenters. The van der Waals surface area contributed by atoms with Gasteiger partial charge < -0.3 is 15.5 Å². The zero-order chi connectivity index (χ0) is 18.4. The number of rotatable bonds is 7. The summed E-state index contributed by atoms with van der Waals surface area (Å²) >= 11 is 0. The molecule has 0 aliphatic rings. The summed E-state index contributed by atoms with van der Waals surface area (Å²) < 4.78 is 39.7. The maximum Gasteiger partial charge on any atom is 0.259 e. The Kier molecular flexibility index (Phi) is 6.35. The number of pyridine rings is 1. The predicted octanol–water partition coefficient (Wildman–Crippen LogP) is 3.11. The summed E-state index contributed by atoms with van der Waals surface area (Å²) in [6.45, 7) is 1.72. The Balaban J connectivity index is 1.95. The number of carbonyl (C=O) groups excluding carboxylic acids is 1. The number of amides is 1. The molecule has 2 aromatic rings. The topological polar surface area (TPSA) is 57.3 Å². The van der Waals surface area contributed by atoms with Crippen molar-refractivity contribution in [3.8, 4) is 0 Å². The smallest absolute Gasteiger partial charge is 0.259 e. The molecule has 2 N–H and O–H groups in total. The Morgan fingerprint density at radius 1 is 1.12 bits per heavy atom. The fourth-order valence-corrected chi connectivity index (χ4v) is 2.09. The van der Waals surface area contributed by atoms with Gasteiger partial charge in [0.2, 0.25) is 0 Å². The Hall–Kier alpha value is -2.61. The molecule has 0 atom stereocenters. The summed E-state index contributed by atoms with van der Waals surface area (Å²) in [7, 11) is 3.99. The molecule has 1 aromatic heterocycles. The number of anilines is 2. The summed E-state index contributed by atoms with van der Waals surface area (Å²) in [6, 6.07) is 4.81. The van der Waals surface area contributed by atoms with Crippen molar-refractivity contribution < 1.29 is 18.0 Å². The van der Waals surface area contributed by atoms with Gasteiger partial charge in [-0.2, -0.15) is 0 Å². The fraction of sp³-hybridized carbons (Fsp3) is 0.294. The van der Waals surface area contributed by atoms with E-state index in [0.717, 1.165) is 31.3 Å². The van der Waals surface area contributed by atoms with E-state index in [-0.39, 0.29) is 5.82 Å². The van der Waals surface area contributed by atoms with Gasteiger partial charge in [-0.15, -0.1) is 0 Å². The lowest BCUT2D eigenvalue weighted by atomic mass is 10.2. The van der Waals surface area contributed by atoms with Crippen LogP contribution >= 0.6 is 0 Å². The minimum absolute atomic E-state index is 0.174. The summed E-state index contributed by atoms with van der Waals surface area (Å²) in [4.78, 5) is 18.1. The first-order valence-electron chi connectivity index (χ1n) is 7.68. The van der Waals surface area contributed by atoms with Crippen LogP contribution in [0.4, 0.5) is 24.7 Å². The molecule has 0 aliphatic heterocycles. The number of aromatic nitrogens is 1. The van der Waals surface area contributed by atoms with Gasteiger partial charge in [0, 0.05) is 6.54 Å². The first-order chi connectivity index (χ1) is 11.9. The van der Waals surface area contributed by atoms with Crippen LogP contribution in [0.3, 0.4) is 0 Å².